The van der Waals surface area contributed by atoms with Gasteiger partial charge in [0.05, 0.1) is 17.1 Å². The van der Waals surface area contributed by atoms with Gasteiger partial charge in [0.1, 0.15) is 0 Å². The summed E-state index contributed by atoms with van der Waals surface area (Å²) in [6.07, 6.45) is 0.382. The molecule has 0 spiro atoms. The maximum absolute atomic E-state index is 12.7. The van der Waals surface area contributed by atoms with E-state index in [-0.39, 0.29) is 23.0 Å². The molecule has 0 radical (unpaired) electrons. The molecule has 8 nitrogen and oxygen atoms in total. The van der Waals surface area contributed by atoms with Gasteiger partial charge in [-0.3, -0.25) is 9.59 Å². The molecule has 156 valence electrons. The quantitative estimate of drug-likeness (QED) is 0.706. The minimum atomic E-state index is -3.15. The van der Waals surface area contributed by atoms with Gasteiger partial charge in [-0.05, 0) is 18.4 Å². The zero-order chi connectivity index (χ0) is 21.2. The first-order valence-electron chi connectivity index (χ1n) is 9.45. The van der Waals surface area contributed by atoms with Crippen LogP contribution in [0.5, 0.6) is 0 Å². The molecule has 9 heteroatoms. The van der Waals surface area contributed by atoms with E-state index in [0.29, 0.717) is 23.9 Å². The number of nitrogens with zero attached hydrogens (tertiary/aromatic N) is 1. The number of hydrogen-bond acceptors (Lipinski definition) is 6. The van der Waals surface area contributed by atoms with Crippen molar-refractivity contribution in [1.82, 2.24) is 9.88 Å². The zero-order valence-electron chi connectivity index (χ0n) is 16.4. The number of esters is 1. The Labute approximate surface area is 168 Å². The molecule has 1 aliphatic rings. The van der Waals surface area contributed by atoms with Crippen LogP contribution in [0.3, 0.4) is 0 Å². The van der Waals surface area contributed by atoms with Crippen molar-refractivity contribution in [2.24, 2.45) is 5.92 Å². The van der Waals surface area contributed by atoms with Gasteiger partial charge in [-0.2, -0.15) is 0 Å². The van der Waals surface area contributed by atoms with E-state index in [4.69, 9.17) is 4.74 Å². The van der Waals surface area contributed by atoms with Crippen molar-refractivity contribution >= 4 is 32.6 Å². The predicted octanol–water partition coefficient (Wildman–Crippen LogP) is 1.36. The standard InChI is InChI=1S/C20H24N2O6S/c1-13(2)10-22(14-7-8-29(26,27)12-14)19(24)11-28-20(25)16-9-18(23)21-17-6-4-3-5-15(16)17/h3-6,9,13-14H,7-8,10-12H2,1-2H3,(H,21,23)/t14-/m1/s1. The maximum atomic E-state index is 12.7. The third-order valence-corrected chi connectivity index (χ3v) is 6.58. The van der Waals surface area contributed by atoms with Crippen LogP contribution in [-0.4, -0.2) is 60.9 Å². The van der Waals surface area contributed by atoms with Crippen LogP contribution in [0.25, 0.3) is 10.9 Å². The molecule has 1 saturated heterocycles. The molecule has 2 aromatic rings. The number of carbonyl (C=O) groups is 2. The molecule has 1 aliphatic heterocycles. The zero-order valence-corrected chi connectivity index (χ0v) is 17.2. The number of nitrogens with one attached hydrogen (secondary N) is 1. The number of carbonyl (C=O) groups excluding carboxylic acids is 2. The molecule has 1 atom stereocenters. The van der Waals surface area contributed by atoms with Gasteiger partial charge in [0.15, 0.2) is 16.4 Å². The van der Waals surface area contributed by atoms with Crippen molar-refractivity contribution in [3.63, 3.8) is 0 Å². The summed E-state index contributed by atoms with van der Waals surface area (Å²) < 4.78 is 28.8. The van der Waals surface area contributed by atoms with Crippen LogP contribution in [0, 0.1) is 5.92 Å². The smallest absolute Gasteiger partial charge is 0.339 e. The number of benzene rings is 1. The number of aromatic nitrogens is 1. The van der Waals surface area contributed by atoms with Crippen LogP contribution in [0.15, 0.2) is 35.1 Å². The highest BCUT2D eigenvalue weighted by molar-refractivity contribution is 7.91. The lowest BCUT2D eigenvalue weighted by Crippen LogP contribution is -2.45. The van der Waals surface area contributed by atoms with E-state index in [1.54, 1.807) is 24.3 Å². The number of amides is 1. The molecule has 3 rings (SSSR count). The molecule has 29 heavy (non-hydrogen) atoms. The van der Waals surface area contributed by atoms with E-state index in [1.165, 1.54) is 4.90 Å². The van der Waals surface area contributed by atoms with E-state index in [0.717, 1.165) is 6.07 Å². The molecule has 0 unspecified atom stereocenters. The summed E-state index contributed by atoms with van der Waals surface area (Å²) in [5.41, 5.74) is 0.131. The number of ether oxygens (including phenoxy) is 1. The second kappa shape index (κ2) is 8.36. The van der Waals surface area contributed by atoms with Gasteiger partial charge in [0.25, 0.3) is 5.91 Å². The summed E-state index contributed by atoms with van der Waals surface area (Å²) in [7, 11) is -3.15. The summed E-state index contributed by atoms with van der Waals surface area (Å²) in [6, 6.07) is 7.55. The van der Waals surface area contributed by atoms with E-state index in [9.17, 15) is 22.8 Å². The third-order valence-electron chi connectivity index (χ3n) is 4.83. The summed E-state index contributed by atoms with van der Waals surface area (Å²) in [6.45, 7) is 3.73. The van der Waals surface area contributed by atoms with Gasteiger partial charge in [-0.25, -0.2) is 13.2 Å². The molecule has 1 amide bonds. The molecule has 1 aromatic carbocycles. The lowest BCUT2D eigenvalue weighted by Gasteiger charge is -2.29. The molecule has 0 bridgehead atoms. The fraction of sp³-hybridized carbons (Fsp3) is 0.450. The Morgan fingerprint density at radius 3 is 2.66 bits per heavy atom. The Bertz CT molecular complexity index is 1090. The van der Waals surface area contributed by atoms with Crippen LogP contribution >= 0.6 is 0 Å². The number of hydrogen-bond donors (Lipinski definition) is 1. The summed E-state index contributed by atoms with van der Waals surface area (Å²) >= 11 is 0. The van der Waals surface area contributed by atoms with Crippen LogP contribution < -0.4 is 5.56 Å². The average Bonchev–Trinajstić information content (AvgIpc) is 3.02. The maximum Gasteiger partial charge on any atom is 0.339 e. The number of aromatic amines is 1. The normalized spacial score (nSPS) is 18.1. The first-order chi connectivity index (χ1) is 13.7. The molecular formula is C20H24N2O6S. The van der Waals surface area contributed by atoms with Crippen LogP contribution in [0.4, 0.5) is 0 Å². The lowest BCUT2D eigenvalue weighted by molar-refractivity contribution is -0.137. The van der Waals surface area contributed by atoms with Crippen LogP contribution in [0.1, 0.15) is 30.6 Å². The number of rotatable bonds is 6. The highest BCUT2D eigenvalue weighted by Gasteiger charge is 2.35. The average molecular weight is 420 g/mol. The largest absolute Gasteiger partial charge is 0.452 e. The topological polar surface area (TPSA) is 114 Å². The van der Waals surface area contributed by atoms with Gasteiger partial charge in [-0.1, -0.05) is 32.0 Å². The first kappa shape index (κ1) is 21.0. The Morgan fingerprint density at radius 2 is 2.00 bits per heavy atom. The second-order valence-corrected chi connectivity index (χ2v) is 9.89. The summed E-state index contributed by atoms with van der Waals surface area (Å²) in [5, 5.41) is 0.519. The van der Waals surface area contributed by atoms with E-state index >= 15 is 0 Å². The van der Waals surface area contributed by atoms with Crippen molar-refractivity contribution in [3.8, 4) is 0 Å². The van der Waals surface area contributed by atoms with Gasteiger partial charge in [0, 0.05) is 29.6 Å². The van der Waals surface area contributed by atoms with Gasteiger partial charge < -0.3 is 14.6 Å². The molecule has 0 saturated carbocycles. The molecule has 2 heterocycles. The Balaban J connectivity index is 1.75. The second-order valence-electron chi connectivity index (χ2n) is 7.67. The number of H-pyrrole nitrogens is 1. The predicted molar refractivity (Wildman–Crippen MR) is 108 cm³/mol. The summed E-state index contributed by atoms with van der Waals surface area (Å²) in [4.78, 5) is 41.2. The van der Waals surface area contributed by atoms with Crippen LogP contribution in [0.2, 0.25) is 0 Å². The fourth-order valence-corrected chi connectivity index (χ4v) is 5.26. The highest BCUT2D eigenvalue weighted by atomic mass is 32.2. The van der Waals surface area contributed by atoms with Crippen molar-refractivity contribution in [2.75, 3.05) is 24.7 Å². The van der Waals surface area contributed by atoms with Crippen LogP contribution in [-0.2, 0) is 19.4 Å². The monoisotopic (exact) mass is 420 g/mol. The molecule has 0 aliphatic carbocycles. The van der Waals surface area contributed by atoms with Gasteiger partial charge in [0.2, 0.25) is 5.56 Å². The molecule has 1 aromatic heterocycles. The number of sulfone groups is 1. The Hall–Kier alpha value is -2.68. The van der Waals surface area contributed by atoms with Crippen molar-refractivity contribution in [3.05, 3.63) is 46.2 Å². The SMILES string of the molecule is CC(C)CN(C(=O)COC(=O)c1cc(=O)[nH]c2ccccc12)[C@@H]1CCS(=O)(=O)C1. The minimum Gasteiger partial charge on any atom is -0.452 e. The minimum absolute atomic E-state index is 0.0537. The van der Waals surface area contributed by atoms with Crippen molar-refractivity contribution in [2.45, 2.75) is 26.3 Å². The van der Waals surface area contributed by atoms with Crippen molar-refractivity contribution in [1.29, 1.82) is 0 Å². The summed E-state index contributed by atoms with van der Waals surface area (Å²) in [5.74, 6) is -1.10. The highest BCUT2D eigenvalue weighted by Crippen LogP contribution is 2.20. The van der Waals surface area contributed by atoms with Crippen molar-refractivity contribution < 1.29 is 22.7 Å². The fourth-order valence-electron chi connectivity index (χ4n) is 3.53. The third kappa shape index (κ3) is 5.03. The Morgan fingerprint density at radius 1 is 1.28 bits per heavy atom. The Kier molecular flexibility index (Phi) is 6.07. The first-order valence-corrected chi connectivity index (χ1v) is 11.3. The molecular weight excluding hydrogens is 396 g/mol. The molecule has 1 N–H and O–H groups in total. The van der Waals surface area contributed by atoms with Gasteiger partial charge >= 0.3 is 5.97 Å². The number of fused-ring (bicyclic) bond motifs is 1. The molecule has 1 fully saturated rings. The van der Waals surface area contributed by atoms with E-state index in [2.05, 4.69) is 4.98 Å². The van der Waals surface area contributed by atoms with E-state index in [1.807, 2.05) is 13.8 Å². The van der Waals surface area contributed by atoms with E-state index < -0.39 is 39.9 Å². The number of para-hydroxylation sites is 1. The van der Waals surface area contributed by atoms with Gasteiger partial charge in [-0.15, -0.1) is 0 Å². The lowest BCUT2D eigenvalue weighted by atomic mass is 10.1. The number of pyridine rings is 1.